The first-order chi connectivity index (χ1) is 6.22. The molecule has 1 saturated carbocycles. The molecule has 13 heavy (non-hydrogen) atoms. The standard InChI is InChI=1S/C10H7BrO2/c11-6-1-2-8-7(5-6)10(3-4-10)9(12)13-8/h1-2,5H,3-4H2. The molecular formula is C10H7BrO2. The van der Waals surface area contributed by atoms with E-state index in [1.165, 1.54) is 0 Å². The Morgan fingerprint density at radius 2 is 2.15 bits per heavy atom. The number of benzene rings is 1. The van der Waals surface area contributed by atoms with Gasteiger partial charge in [-0.2, -0.15) is 0 Å². The zero-order valence-electron chi connectivity index (χ0n) is 6.84. The van der Waals surface area contributed by atoms with Gasteiger partial charge in [0.25, 0.3) is 0 Å². The second kappa shape index (κ2) is 2.15. The van der Waals surface area contributed by atoms with E-state index >= 15 is 0 Å². The van der Waals surface area contributed by atoms with E-state index in [2.05, 4.69) is 15.9 Å². The zero-order valence-corrected chi connectivity index (χ0v) is 8.43. The summed E-state index contributed by atoms with van der Waals surface area (Å²) in [5.74, 6) is 0.673. The normalized spacial score (nSPS) is 21.5. The molecule has 0 atom stereocenters. The fourth-order valence-corrected chi connectivity index (χ4v) is 2.23. The van der Waals surface area contributed by atoms with Crippen molar-refractivity contribution in [3.8, 4) is 5.75 Å². The SMILES string of the molecule is O=C1Oc2ccc(Br)cc2C12CC2. The van der Waals surface area contributed by atoms with E-state index in [1.807, 2.05) is 18.2 Å². The molecule has 2 aliphatic rings. The van der Waals surface area contributed by atoms with Crippen LogP contribution in [0.15, 0.2) is 22.7 Å². The van der Waals surface area contributed by atoms with Crippen molar-refractivity contribution in [2.24, 2.45) is 0 Å². The van der Waals surface area contributed by atoms with Gasteiger partial charge in [0.2, 0.25) is 0 Å². The number of hydrogen-bond acceptors (Lipinski definition) is 2. The lowest BCUT2D eigenvalue weighted by Crippen LogP contribution is -2.16. The van der Waals surface area contributed by atoms with Gasteiger partial charge in [-0.25, -0.2) is 0 Å². The van der Waals surface area contributed by atoms with Crippen LogP contribution >= 0.6 is 15.9 Å². The second-order valence-corrected chi connectivity index (χ2v) is 4.53. The number of ether oxygens (including phenoxy) is 1. The highest BCUT2D eigenvalue weighted by Gasteiger charge is 2.58. The Bertz CT molecular complexity index is 407. The summed E-state index contributed by atoms with van der Waals surface area (Å²) in [6, 6.07) is 5.74. The van der Waals surface area contributed by atoms with E-state index in [1.54, 1.807) is 0 Å². The highest BCUT2D eigenvalue weighted by molar-refractivity contribution is 9.10. The fraction of sp³-hybridized carbons (Fsp3) is 0.300. The van der Waals surface area contributed by atoms with Crippen molar-refractivity contribution >= 4 is 21.9 Å². The van der Waals surface area contributed by atoms with Crippen LogP contribution in [0.1, 0.15) is 18.4 Å². The lowest BCUT2D eigenvalue weighted by molar-refractivity contribution is -0.135. The largest absolute Gasteiger partial charge is 0.426 e. The molecule has 1 aromatic carbocycles. The molecule has 0 bridgehead atoms. The number of rotatable bonds is 0. The smallest absolute Gasteiger partial charge is 0.322 e. The molecule has 0 amide bonds. The minimum atomic E-state index is -0.265. The molecule has 1 aliphatic heterocycles. The Labute approximate surface area is 84.0 Å². The van der Waals surface area contributed by atoms with Gasteiger partial charge in [-0.05, 0) is 31.0 Å². The van der Waals surface area contributed by atoms with Crippen molar-refractivity contribution in [3.63, 3.8) is 0 Å². The summed E-state index contributed by atoms with van der Waals surface area (Å²) in [4.78, 5) is 11.5. The van der Waals surface area contributed by atoms with E-state index in [0.29, 0.717) is 0 Å². The highest BCUT2D eigenvalue weighted by atomic mass is 79.9. The van der Waals surface area contributed by atoms with Gasteiger partial charge >= 0.3 is 5.97 Å². The predicted octanol–water partition coefficient (Wildman–Crippen LogP) is 2.40. The average Bonchev–Trinajstić information content (AvgIpc) is 2.83. The van der Waals surface area contributed by atoms with Crippen molar-refractivity contribution < 1.29 is 9.53 Å². The van der Waals surface area contributed by atoms with E-state index in [0.717, 1.165) is 28.6 Å². The van der Waals surface area contributed by atoms with E-state index in [-0.39, 0.29) is 11.4 Å². The lowest BCUT2D eigenvalue weighted by atomic mass is 9.98. The Balaban J connectivity index is 2.24. The maximum absolute atomic E-state index is 11.5. The molecule has 1 aromatic rings. The zero-order chi connectivity index (χ0) is 9.05. The third-order valence-corrected chi connectivity index (χ3v) is 3.29. The Morgan fingerprint density at radius 1 is 1.38 bits per heavy atom. The maximum atomic E-state index is 11.5. The highest BCUT2D eigenvalue weighted by Crippen LogP contribution is 2.56. The van der Waals surface area contributed by atoms with Crippen LogP contribution in [0.4, 0.5) is 0 Å². The minimum absolute atomic E-state index is 0.0689. The Hall–Kier alpha value is -0.830. The third kappa shape index (κ3) is 0.854. The van der Waals surface area contributed by atoms with Crippen molar-refractivity contribution in [2.45, 2.75) is 18.3 Å². The van der Waals surface area contributed by atoms with Crippen LogP contribution in [0.2, 0.25) is 0 Å². The maximum Gasteiger partial charge on any atom is 0.322 e. The summed E-state index contributed by atoms with van der Waals surface area (Å²) in [6.07, 6.45) is 1.88. The van der Waals surface area contributed by atoms with Crippen LogP contribution in [0.3, 0.4) is 0 Å². The number of halogens is 1. The third-order valence-electron chi connectivity index (χ3n) is 2.80. The molecule has 3 heteroatoms. The fourth-order valence-electron chi connectivity index (χ4n) is 1.87. The van der Waals surface area contributed by atoms with Crippen molar-refractivity contribution in [1.29, 1.82) is 0 Å². The average molecular weight is 239 g/mol. The molecule has 3 rings (SSSR count). The molecule has 0 radical (unpaired) electrons. The molecule has 2 nitrogen and oxygen atoms in total. The molecule has 0 saturated heterocycles. The second-order valence-electron chi connectivity index (χ2n) is 3.61. The van der Waals surface area contributed by atoms with Crippen LogP contribution in [0.5, 0.6) is 5.75 Å². The number of hydrogen-bond donors (Lipinski definition) is 0. The van der Waals surface area contributed by atoms with Gasteiger partial charge in [0, 0.05) is 10.0 Å². The molecule has 1 aliphatic carbocycles. The summed E-state index contributed by atoms with van der Waals surface area (Å²) in [5, 5.41) is 0. The Kier molecular flexibility index (Phi) is 1.25. The van der Waals surface area contributed by atoms with E-state index < -0.39 is 0 Å². The van der Waals surface area contributed by atoms with Gasteiger partial charge in [-0.3, -0.25) is 4.79 Å². The van der Waals surface area contributed by atoms with Crippen molar-refractivity contribution in [1.82, 2.24) is 0 Å². The molecular weight excluding hydrogens is 232 g/mol. The minimum Gasteiger partial charge on any atom is -0.426 e. The monoisotopic (exact) mass is 238 g/mol. The molecule has 1 heterocycles. The summed E-state index contributed by atoms with van der Waals surface area (Å²) < 4.78 is 6.19. The first kappa shape index (κ1) is 7.56. The molecule has 1 fully saturated rings. The quantitative estimate of drug-likeness (QED) is 0.513. The molecule has 0 aromatic heterocycles. The van der Waals surface area contributed by atoms with Crippen LogP contribution in [-0.2, 0) is 10.2 Å². The number of carbonyl (C=O) groups is 1. The topological polar surface area (TPSA) is 26.3 Å². The van der Waals surface area contributed by atoms with E-state index in [4.69, 9.17) is 4.74 Å². The van der Waals surface area contributed by atoms with Crippen LogP contribution < -0.4 is 4.74 Å². The lowest BCUT2D eigenvalue weighted by Gasteiger charge is -2.00. The van der Waals surface area contributed by atoms with E-state index in [9.17, 15) is 4.79 Å². The molecule has 0 unspecified atom stereocenters. The van der Waals surface area contributed by atoms with Crippen LogP contribution in [0, 0.1) is 0 Å². The van der Waals surface area contributed by atoms with Gasteiger partial charge in [0.15, 0.2) is 0 Å². The first-order valence-electron chi connectivity index (χ1n) is 4.25. The summed E-state index contributed by atoms with van der Waals surface area (Å²) in [5.41, 5.74) is 0.797. The predicted molar refractivity (Wildman–Crippen MR) is 50.7 cm³/mol. The summed E-state index contributed by atoms with van der Waals surface area (Å²) >= 11 is 3.40. The van der Waals surface area contributed by atoms with Crippen LogP contribution in [-0.4, -0.2) is 5.97 Å². The van der Waals surface area contributed by atoms with Gasteiger partial charge in [0.1, 0.15) is 5.75 Å². The summed E-state index contributed by atoms with van der Waals surface area (Å²) in [7, 11) is 0. The van der Waals surface area contributed by atoms with Gasteiger partial charge in [0.05, 0.1) is 5.41 Å². The van der Waals surface area contributed by atoms with Crippen molar-refractivity contribution in [3.05, 3.63) is 28.2 Å². The molecule has 1 spiro atoms. The van der Waals surface area contributed by atoms with Crippen molar-refractivity contribution in [2.75, 3.05) is 0 Å². The molecule has 66 valence electrons. The van der Waals surface area contributed by atoms with Gasteiger partial charge < -0.3 is 4.74 Å². The number of esters is 1. The van der Waals surface area contributed by atoms with Gasteiger partial charge in [-0.15, -0.1) is 0 Å². The first-order valence-corrected chi connectivity index (χ1v) is 5.04. The molecule has 0 N–H and O–H groups in total. The summed E-state index contributed by atoms with van der Waals surface area (Å²) in [6.45, 7) is 0. The van der Waals surface area contributed by atoms with Crippen LogP contribution in [0.25, 0.3) is 0 Å². The Morgan fingerprint density at radius 3 is 2.85 bits per heavy atom. The number of fused-ring (bicyclic) bond motifs is 2. The van der Waals surface area contributed by atoms with Gasteiger partial charge in [-0.1, -0.05) is 15.9 Å². The number of carbonyl (C=O) groups excluding carboxylic acids is 1.